The highest BCUT2D eigenvalue weighted by Gasteiger charge is 2.10. The summed E-state index contributed by atoms with van der Waals surface area (Å²) in [5.41, 5.74) is 2.05. The van der Waals surface area contributed by atoms with Gasteiger partial charge in [0.1, 0.15) is 5.76 Å². The molecule has 0 saturated heterocycles. The summed E-state index contributed by atoms with van der Waals surface area (Å²) in [5.74, 6) is 1.75. The predicted octanol–water partition coefficient (Wildman–Crippen LogP) is 2.93. The van der Waals surface area contributed by atoms with Crippen molar-refractivity contribution >= 4 is 5.91 Å². The lowest BCUT2D eigenvalue weighted by molar-refractivity contribution is -0.121. The van der Waals surface area contributed by atoms with Crippen molar-refractivity contribution in [1.82, 2.24) is 15.5 Å². The van der Waals surface area contributed by atoms with E-state index in [1.54, 1.807) is 6.26 Å². The summed E-state index contributed by atoms with van der Waals surface area (Å²) < 4.78 is 10.8. The molecule has 1 N–H and O–H groups in total. The maximum Gasteiger partial charge on any atom is 0.247 e. The van der Waals surface area contributed by atoms with Crippen molar-refractivity contribution in [2.24, 2.45) is 0 Å². The summed E-state index contributed by atoms with van der Waals surface area (Å²) >= 11 is 0. The van der Waals surface area contributed by atoms with Gasteiger partial charge in [0, 0.05) is 31.4 Å². The normalized spacial score (nSPS) is 10.7. The molecule has 0 aliphatic heterocycles. The molecule has 1 aromatic carbocycles. The minimum Gasteiger partial charge on any atom is -0.469 e. The van der Waals surface area contributed by atoms with Gasteiger partial charge in [-0.2, -0.15) is 0 Å². The second kappa shape index (κ2) is 7.59. The van der Waals surface area contributed by atoms with E-state index in [9.17, 15) is 4.79 Å². The molecule has 0 unspecified atom stereocenters. The number of nitrogens with one attached hydrogen (secondary N) is 1. The highest BCUT2D eigenvalue weighted by atomic mass is 16.4. The van der Waals surface area contributed by atoms with E-state index in [0.717, 1.165) is 11.3 Å². The van der Waals surface area contributed by atoms with Crippen molar-refractivity contribution in [3.05, 3.63) is 59.9 Å². The van der Waals surface area contributed by atoms with Gasteiger partial charge in [0.2, 0.25) is 17.7 Å². The Morgan fingerprint density at radius 2 is 1.96 bits per heavy atom. The van der Waals surface area contributed by atoms with Gasteiger partial charge in [-0.1, -0.05) is 17.7 Å². The fraction of sp³-hybridized carbons (Fsp3) is 0.278. The van der Waals surface area contributed by atoms with Crippen molar-refractivity contribution in [3.63, 3.8) is 0 Å². The average molecular weight is 325 g/mol. The van der Waals surface area contributed by atoms with Crippen LogP contribution in [0.1, 0.15) is 23.6 Å². The van der Waals surface area contributed by atoms with E-state index in [4.69, 9.17) is 8.83 Å². The number of aryl methyl sites for hydroxylation is 2. The molecule has 2 aromatic heterocycles. The van der Waals surface area contributed by atoms with Gasteiger partial charge in [-0.05, 0) is 31.2 Å². The molecule has 6 heteroatoms. The number of benzene rings is 1. The summed E-state index contributed by atoms with van der Waals surface area (Å²) in [6.45, 7) is 2.57. The number of aromatic nitrogens is 2. The summed E-state index contributed by atoms with van der Waals surface area (Å²) in [6, 6.07) is 11.6. The number of furan rings is 1. The molecule has 2 heterocycles. The summed E-state index contributed by atoms with van der Waals surface area (Å²) in [4.78, 5) is 11.8. The third kappa shape index (κ3) is 4.32. The Hall–Kier alpha value is -2.89. The molecule has 0 bridgehead atoms. The second-order valence-electron chi connectivity index (χ2n) is 5.55. The quantitative estimate of drug-likeness (QED) is 0.722. The van der Waals surface area contributed by atoms with E-state index in [0.29, 0.717) is 37.6 Å². The first-order chi connectivity index (χ1) is 11.7. The van der Waals surface area contributed by atoms with Crippen LogP contribution >= 0.6 is 0 Å². The maximum atomic E-state index is 11.8. The Morgan fingerprint density at radius 1 is 1.12 bits per heavy atom. The van der Waals surface area contributed by atoms with Gasteiger partial charge in [-0.3, -0.25) is 4.79 Å². The first-order valence-corrected chi connectivity index (χ1v) is 7.89. The Labute approximate surface area is 139 Å². The van der Waals surface area contributed by atoms with Gasteiger partial charge in [-0.15, -0.1) is 10.2 Å². The lowest BCUT2D eigenvalue weighted by Crippen LogP contribution is -2.25. The third-order valence-corrected chi connectivity index (χ3v) is 3.60. The zero-order valence-corrected chi connectivity index (χ0v) is 13.5. The standard InChI is InChI=1S/C18H19N3O3/c1-13-4-6-14(7-5-13)18-21-20-17(24-18)9-8-16(22)19-11-10-15-3-2-12-23-15/h2-7,12H,8-11H2,1H3,(H,19,22). The number of hydrogen-bond donors (Lipinski definition) is 1. The van der Waals surface area contributed by atoms with E-state index in [-0.39, 0.29) is 5.91 Å². The molecule has 0 radical (unpaired) electrons. The van der Waals surface area contributed by atoms with Crippen LogP contribution in [0, 0.1) is 6.92 Å². The van der Waals surface area contributed by atoms with Gasteiger partial charge in [0.15, 0.2) is 0 Å². The number of amides is 1. The van der Waals surface area contributed by atoms with Crippen LogP contribution in [-0.2, 0) is 17.6 Å². The van der Waals surface area contributed by atoms with Crippen LogP contribution in [0.2, 0.25) is 0 Å². The number of nitrogens with zero attached hydrogens (tertiary/aromatic N) is 2. The first-order valence-electron chi connectivity index (χ1n) is 7.89. The van der Waals surface area contributed by atoms with Crippen molar-refractivity contribution in [1.29, 1.82) is 0 Å². The molecule has 3 aromatic rings. The molecule has 1 amide bonds. The zero-order chi connectivity index (χ0) is 16.8. The Kier molecular flexibility index (Phi) is 5.05. The molecule has 0 saturated carbocycles. The monoisotopic (exact) mass is 325 g/mol. The molecule has 3 rings (SSSR count). The van der Waals surface area contributed by atoms with Crippen molar-refractivity contribution in [2.45, 2.75) is 26.2 Å². The molecule has 0 spiro atoms. The average Bonchev–Trinajstić information content (AvgIpc) is 3.25. The lowest BCUT2D eigenvalue weighted by Gasteiger charge is -2.02. The molecule has 124 valence electrons. The Morgan fingerprint density at radius 3 is 2.71 bits per heavy atom. The summed E-state index contributed by atoms with van der Waals surface area (Å²) in [7, 11) is 0. The molecule has 0 atom stereocenters. The van der Waals surface area contributed by atoms with Crippen LogP contribution in [0.4, 0.5) is 0 Å². The van der Waals surface area contributed by atoms with Gasteiger partial charge >= 0.3 is 0 Å². The minimum atomic E-state index is -0.0448. The summed E-state index contributed by atoms with van der Waals surface area (Å²) in [5, 5.41) is 10.9. The van der Waals surface area contributed by atoms with Crippen molar-refractivity contribution < 1.29 is 13.6 Å². The number of carbonyl (C=O) groups is 1. The van der Waals surface area contributed by atoms with Crippen LogP contribution in [-0.4, -0.2) is 22.6 Å². The Bertz CT molecular complexity index is 776. The van der Waals surface area contributed by atoms with Gasteiger partial charge in [0.05, 0.1) is 6.26 Å². The fourth-order valence-corrected chi connectivity index (χ4v) is 2.26. The molecular formula is C18H19N3O3. The molecule has 0 aliphatic carbocycles. The van der Waals surface area contributed by atoms with E-state index < -0.39 is 0 Å². The largest absolute Gasteiger partial charge is 0.469 e. The van der Waals surface area contributed by atoms with E-state index in [1.807, 2.05) is 43.3 Å². The molecule has 0 aliphatic rings. The predicted molar refractivity (Wildman–Crippen MR) is 88.2 cm³/mol. The molecule has 6 nitrogen and oxygen atoms in total. The second-order valence-corrected chi connectivity index (χ2v) is 5.55. The van der Waals surface area contributed by atoms with Crippen molar-refractivity contribution in [2.75, 3.05) is 6.54 Å². The van der Waals surface area contributed by atoms with Crippen LogP contribution in [0.5, 0.6) is 0 Å². The van der Waals surface area contributed by atoms with Gasteiger partial charge < -0.3 is 14.2 Å². The molecule has 24 heavy (non-hydrogen) atoms. The smallest absolute Gasteiger partial charge is 0.247 e. The van der Waals surface area contributed by atoms with Crippen LogP contribution < -0.4 is 5.32 Å². The van der Waals surface area contributed by atoms with E-state index in [2.05, 4.69) is 15.5 Å². The zero-order valence-electron chi connectivity index (χ0n) is 13.5. The number of hydrogen-bond acceptors (Lipinski definition) is 5. The first kappa shape index (κ1) is 16.0. The third-order valence-electron chi connectivity index (χ3n) is 3.60. The van der Waals surface area contributed by atoms with Crippen LogP contribution in [0.15, 0.2) is 51.5 Å². The fourth-order valence-electron chi connectivity index (χ4n) is 2.26. The topological polar surface area (TPSA) is 81.2 Å². The van der Waals surface area contributed by atoms with Crippen LogP contribution in [0.3, 0.4) is 0 Å². The molecule has 0 fully saturated rings. The van der Waals surface area contributed by atoms with E-state index in [1.165, 1.54) is 5.56 Å². The molecular weight excluding hydrogens is 306 g/mol. The number of carbonyl (C=O) groups excluding carboxylic acids is 1. The highest BCUT2D eigenvalue weighted by Crippen LogP contribution is 2.18. The van der Waals surface area contributed by atoms with Crippen LogP contribution in [0.25, 0.3) is 11.5 Å². The lowest BCUT2D eigenvalue weighted by atomic mass is 10.1. The Balaban J connectivity index is 1.44. The van der Waals surface area contributed by atoms with Gasteiger partial charge in [0.25, 0.3) is 0 Å². The van der Waals surface area contributed by atoms with E-state index >= 15 is 0 Å². The summed E-state index contributed by atoms with van der Waals surface area (Å²) in [6.07, 6.45) is 3.04. The van der Waals surface area contributed by atoms with Gasteiger partial charge in [-0.25, -0.2) is 0 Å². The van der Waals surface area contributed by atoms with Crippen molar-refractivity contribution in [3.8, 4) is 11.5 Å². The number of rotatable bonds is 7. The SMILES string of the molecule is Cc1ccc(-c2nnc(CCC(=O)NCCc3ccco3)o2)cc1. The minimum absolute atomic E-state index is 0.0448. The maximum absolute atomic E-state index is 11.8. The highest BCUT2D eigenvalue weighted by molar-refractivity contribution is 5.76.